The Labute approximate surface area is 139 Å². The molecule has 0 spiro atoms. The van der Waals surface area contributed by atoms with E-state index in [1.807, 2.05) is 0 Å². The molecule has 0 aromatic heterocycles. The van der Waals surface area contributed by atoms with Crippen molar-refractivity contribution in [2.75, 3.05) is 0 Å². The summed E-state index contributed by atoms with van der Waals surface area (Å²) in [5.74, 6) is 0. The van der Waals surface area contributed by atoms with Gasteiger partial charge in [-0.25, -0.2) is 0 Å². The summed E-state index contributed by atoms with van der Waals surface area (Å²) in [5, 5.41) is 0. The summed E-state index contributed by atoms with van der Waals surface area (Å²) in [5.41, 5.74) is -2.19. The molecule has 2 rings (SSSR count). The van der Waals surface area contributed by atoms with E-state index in [4.69, 9.17) is 17.0 Å². The predicted octanol–water partition coefficient (Wildman–Crippen LogP) is 4.76. The molecule has 125 valence electrons. The first-order valence-corrected chi connectivity index (χ1v) is 18.1. The summed E-state index contributed by atoms with van der Waals surface area (Å²) >= 11 is -5.22. The third kappa shape index (κ3) is 3.94. The second-order valence-corrected chi connectivity index (χ2v) is 22.7. The summed E-state index contributed by atoms with van der Waals surface area (Å²) in [4.78, 5) is 0. The number of hydrogen-bond acceptors (Lipinski definition) is 0. The predicted molar refractivity (Wildman–Crippen MR) is 79.6 cm³/mol. The molecular weight excluding hydrogens is 562 g/mol. The molecular formula is C14H8BiCl2F6. The zero-order valence-electron chi connectivity index (χ0n) is 11.1. The van der Waals surface area contributed by atoms with E-state index in [0.717, 1.165) is 36.4 Å². The average molecular weight is 570 g/mol. The third-order valence-corrected chi connectivity index (χ3v) is 17.2. The van der Waals surface area contributed by atoms with Crippen molar-refractivity contribution >= 4 is 41.4 Å². The fourth-order valence-electron chi connectivity index (χ4n) is 2.05. The minimum absolute atomic E-state index is 0.444. The Hall–Kier alpha value is -0.517. The Bertz CT molecular complexity index is 649. The summed E-state index contributed by atoms with van der Waals surface area (Å²) in [6.07, 6.45) is -9.51. The Morgan fingerprint density at radius 3 is 1.22 bits per heavy atom. The van der Waals surface area contributed by atoms with E-state index in [-0.39, 0.29) is 0 Å². The van der Waals surface area contributed by atoms with E-state index in [1.165, 1.54) is 12.1 Å². The van der Waals surface area contributed by atoms with Gasteiger partial charge in [0, 0.05) is 0 Å². The van der Waals surface area contributed by atoms with Crippen molar-refractivity contribution in [1.82, 2.24) is 0 Å². The van der Waals surface area contributed by atoms with Gasteiger partial charge >= 0.3 is 140 Å². The van der Waals surface area contributed by atoms with Crippen LogP contribution in [-0.2, 0) is 12.4 Å². The molecule has 0 aliphatic carbocycles. The van der Waals surface area contributed by atoms with Crippen molar-refractivity contribution in [3.63, 3.8) is 0 Å². The van der Waals surface area contributed by atoms with Gasteiger partial charge in [0.15, 0.2) is 0 Å². The fourth-order valence-corrected chi connectivity index (χ4v) is 14.3. The second kappa shape index (κ2) is 6.42. The van der Waals surface area contributed by atoms with Crippen LogP contribution in [0.5, 0.6) is 0 Å². The fraction of sp³-hybridized carbons (Fsp3) is 0.143. The zero-order chi connectivity index (χ0) is 17.5. The first kappa shape index (κ1) is 18.8. The maximum absolute atomic E-state index is 13.1. The van der Waals surface area contributed by atoms with Crippen LogP contribution in [0, 0.1) is 0 Å². The van der Waals surface area contributed by atoms with Crippen LogP contribution in [-0.4, -0.2) is 17.9 Å². The van der Waals surface area contributed by atoms with Crippen molar-refractivity contribution in [2.24, 2.45) is 0 Å². The van der Waals surface area contributed by atoms with E-state index >= 15 is 0 Å². The van der Waals surface area contributed by atoms with Gasteiger partial charge in [0.05, 0.1) is 0 Å². The Morgan fingerprint density at radius 2 is 0.913 bits per heavy atom. The van der Waals surface area contributed by atoms with Crippen LogP contribution in [0.2, 0.25) is 0 Å². The number of alkyl halides is 6. The zero-order valence-corrected chi connectivity index (χ0v) is 16.1. The van der Waals surface area contributed by atoms with Crippen LogP contribution in [0.25, 0.3) is 0 Å². The van der Waals surface area contributed by atoms with Gasteiger partial charge in [-0.1, -0.05) is 0 Å². The molecule has 0 aliphatic heterocycles. The summed E-state index contributed by atoms with van der Waals surface area (Å²) in [6, 6.07) is 8.46. The van der Waals surface area contributed by atoms with Crippen LogP contribution in [0.4, 0.5) is 26.3 Å². The van der Waals surface area contributed by atoms with Crippen LogP contribution in [0.3, 0.4) is 0 Å². The molecule has 0 bridgehead atoms. The first-order chi connectivity index (χ1) is 10.5. The number of rotatable bonds is 2. The van der Waals surface area contributed by atoms with E-state index < -0.39 is 47.9 Å². The van der Waals surface area contributed by atoms with E-state index in [9.17, 15) is 26.3 Å². The van der Waals surface area contributed by atoms with Gasteiger partial charge in [0.2, 0.25) is 0 Å². The second-order valence-electron chi connectivity index (χ2n) is 4.54. The van der Waals surface area contributed by atoms with Gasteiger partial charge in [0.25, 0.3) is 0 Å². The van der Waals surface area contributed by atoms with Gasteiger partial charge in [-0.15, -0.1) is 0 Å². The maximum atomic E-state index is 13.1. The summed E-state index contributed by atoms with van der Waals surface area (Å²) < 4.78 is 77.9. The molecule has 2 aromatic rings. The van der Waals surface area contributed by atoms with Gasteiger partial charge in [-0.05, 0) is 0 Å². The van der Waals surface area contributed by atoms with Crippen molar-refractivity contribution in [3.8, 4) is 0 Å². The number of hydrogen-bond donors (Lipinski definition) is 0. The minimum atomic E-state index is -5.22. The molecule has 0 saturated heterocycles. The third-order valence-electron chi connectivity index (χ3n) is 3.02. The van der Waals surface area contributed by atoms with Crippen LogP contribution < -0.4 is 6.54 Å². The quantitative estimate of drug-likeness (QED) is 0.361. The number of halogens is 8. The SMILES string of the molecule is FC(F)(F)c1cccc[c]1[Bi]([Cl])([Cl])[c]1ccccc1C(F)(F)F. The first-order valence-electron chi connectivity index (χ1n) is 6.07. The van der Waals surface area contributed by atoms with Crippen molar-refractivity contribution in [2.45, 2.75) is 12.4 Å². The Balaban J connectivity index is 2.71. The van der Waals surface area contributed by atoms with Gasteiger partial charge in [-0.2, -0.15) is 0 Å². The summed E-state index contributed by atoms with van der Waals surface area (Å²) in [7, 11) is 12.4. The van der Waals surface area contributed by atoms with Gasteiger partial charge in [0.1, 0.15) is 0 Å². The summed E-state index contributed by atoms with van der Waals surface area (Å²) in [6.45, 7) is 0. The van der Waals surface area contributed by atoms with Crippen molar-refractivity contribution in [3.05, 3.63) is 59.7 Å². The average Bonchev–Trinajstić information content (AvgIpc) is 2.45. The Morgan fingerprint density at radius 1 is 0.609 bits per heavy atom. The molecule has 0 N–H and O–H groups in total. The molecule has 0 unspecified atom stereocenters. The molecule has 0 aliphatic rings. The van der Waals surface area contributed by atoms with Crippen molar-refractivity contribution < 1.29 is 26.3 Å². The molecule has 23 heavy (non-hydrogen) atoms. The van der Waals surface area contributed by atoms with Crippen molar-refractivity contribution in [1.29, 1.82) is 0 Å². The topological polar surface area (TPSA) is 0 Å². The van der Waals surface area contributed by atoms with Crippen LogP contribution in [0.15, 0.2) is 48.5 Å². The molecule has 0 saturated carbocycles. The van der Waals surface area contributed by atoms with E-state index in [1.54, 1.807) is 0 Å². The van der Waals surface area contributed by atoms with Gasteiger partial charge in [-0.3, -0.25) is 0 Å². The van der Waals surface area contributed by atoms with Gasteiger partial charge < -0.3 is 0 Å². The molecule has 0 atom stereocenters. The monoisotopic (exact) mass is 569 g/mol. The van der Waals surface area contributed by atoms with E-state index in [0.29, 0.717) is 0 Å². The van der Waals surface area contributed by atoms with Crippen LogP contribution in [0.1, 0.15) is 11.1 Å². The molecule has 1 radical (unpaired) electrons. The Kier molecular flexibility index (Phi) is 5.25. The molecule has 0 nitrogen and oxygen atoms in total. The molecule has 0 amide bonds. The van der Waals surface area contributed by atoms with E-state index in [2.05, 4.69) is 0 Å². The molecule has 0 fully saturated rings. The molecule has 9 heteroatoms. The number of benzene rings is 2. The molecule has 2 aromatic carbocycles. The van der Waals surface area contributed by atoms with Crippen LogP contribution >= 0.6 is 17.0 Å². The molecule has 0 heterocycles. The standard InChI is InChI=1S/2C7H4F3.Bi.2ClH/c2*8-7(9,10)6-4-2-1-3-5-6;;;/h2*1-4H;;2*1H/q;;+2;;/p-2. The normalized spacial score (nSPS) is 13.2.